The van der Waals surface area contributed by atoms with E-state index in [1.807, 2.05) is 0 Å². The molecule has 17 heavy (non-hydrogen) atoms. The van der Waals surface area contributed by atoms with Crippen LogP contribution >= 0.6 is 0 Å². The van der Waals surface area contributed by atoms with Crippen LogP contribution in [0.5, 0.6) is 0 Å². The Kier molecular flexibility index (Phi) is 4.91. The molecule has 0 unspecified atom stereocenters. The van der Waals surface area contributed by atoms with Gasteiger partial charge in [-0.05, 0) is 12.8 Å². The lowest BCUT2D eigenvalue weighted by atomic mass is 9.99. The highest BCUT2D eigenvalue weighted by Crippen LogP contribution is 2.21. The molecule has 1 N–H and O–H groups in total. The fraction of sp³-hybridized carbons (Fsp3) is 0.900. The fourth-order valence-corrected chi connectivity index (χ4v) is 3.70. The topological polar surface area (TPSA) is 77.9 Å². The van der Waals surface area contributed by atoms with E-state index in [-0.39, 0.29) is 0 Å². The third kappa shape index (κ3) is 3.17. The van der Waals surface area contributed by atoms with Crippen LogP contribution in [0.2, 0.25) is 0 Å². The Morgan fingerprint density at radius 2 is 1.76 bits per heavy atom. The van der Waals surface area contributed by atoms with Gasteiger partial charge >= 0.3 is 5.97 Å². The molecule has 0 aromatic rings. The van der Waals surface area contributed by atoms with Crippen molar-refractivity contribution in [2.75, 3.05) is 26.2 Å². The van der Waals surface area contributed by atoms with Gasteiger partial charge in [-0.3, -0.25) is 4.79 Å². The monoisotopic (exact) mass is 264 g/mol. The van der Waals surface area contributed by atoms with Gasteiger partial charge in [0.1, 0.15) is 0 Å². The quantitative estimate of drug-likeness (QED) is 0.778. The summed E-state index contributed by atoms with van der Waals surface area (Å²) in [5.74, 6) is -1.23. The normalized spacial score (nSPS) is 19.7. The maximum Gasteiger partial charge on any atom is 0.306 e. The predicted octanol–water partition coefficient (Wildman–Crippen LogP) is 0.370. The maximum atomic E-state index is 12.1. The molecular formula is C10H20N2O4S. The number of carboxylic acid groups (broad SMARTS) is 1. The van der Waals surface area contributed by atoms with Crippen LogP contribution in [-0.4, -0.2) is 54.3 Å². The number of carboxylic acids is 1. The van der Waals surface area contributed by atoms with Gasteiger partial charge in [-0.25, -0.2) is 0 Å². The predicted molar refractivity (Wildman–Crippen MR) is 63.8 cm³/mol. The largest absolute Gasteiger partial charge is 0.481 e. The van der Waals surface area contributed by atoms with E-state index in [0.717, 1.165) is 0 Å². The molecule has 0 aromatic carbocycles. The molecule has 1 aliphatic heterocycles. The van der Waals surface area contributed by atoms with Gasteiger partial charge in [0.2, 0.25) is 0 Å². The average Bonchev–Trinajstić information content (AvgIpc) is 2.30. The van der Waals surface area contributed by atoms with Crippen LogP contribution in [0.4, 0.5) is 0 Å². The Hall–Kier alpha value is -0.660. The van der Waals surface area contributed by atoms with Gasteiger partial charge in [0.25, 0.3) is 10.2 Å². The molecule has 1 saturated heterocycles. The van der Waals surface area contributed by atoms with E-state index in [9.17, 15) is 13.2 Å². The molecule has 0 saturated carbocycles. The van der Waals surface area contributed by atoms with Gasteiger partial charge in [0.15, 0.2) is 0 Å². The molecule has 0 bridgehead atoms. The van der Waals surface area contributed by atoms with E-state index < -0.39 is 22.1 Å². The van der Waals surface area contributed by atoms with Crippen LogP contribution in [-0.2, 0) is 15.0 Å². The zero-order valence-electron chi connectivity index (χ0n) is 10.3. The zero-order valence-corrected chi connectivity index (χ0v) is 11.1. The second-order valence-corrected chi connectivity index (χ2v) is 6.03. The van der Waals surface area contributed by atoms with Gasteiger partial charge in [-0.2, -0.15) is 17.0 Å². The van der Waals surface area contributed by atoms with Crippen LogP contribution in [0.3, 0.4) is 0 Å². The maximum absolute atomic E-state index is 12.1. The summed E-state index contributed by atoms with van der Waals surface area (Å²) in [6.07, 6.45) is 0.797. The molecule has 6 nitrogen and oxygen atoms in total. The van der Waals surface area contributed by atoms with Crippen LogP contribution in [0.1, 0.15) is 26.7 Å². The minimum atomic E-state index is -3.40. The number of nitrogens with zero attached hydrogens (tertiary/aromatic N) is 2. The third-order valence-electron chi connectivity index (χ3n) is 3.16. The second-order valence-electron chi connectivity index (χ2n) is 4.10. The highest BCUT2D eigenvalue weighted by molar-refractivity contribution is 7.86. The summed E-state index contributed by atoms with van der Waals surface area (Å²) >= 11 is 0. The number of rotatable bonds is 5. The molecule has 0 radical (unpaired) electrons. The summed E-state index contributed by atoms with van der Waals surface area (Å²) in [5.41, 5.74) is 0. The van der Waals surface area contributed by atoms with Crippen molar-refractivity contribution in [3.63, 3.8) is 0 Å². The number of hydrogen-bond donors (Lipinski definition) is 1. The Bertz CT molecular complexity index is 357. The van der Waals surface area contributed by atoms with E-state index in [1.54, 1.807) is 13.8 Å². The van der Waals surface area contributed by atoms with E-state index in [2.05, 4.69) is 0 Å². The van der Waals surface area contributed by atoms with Crippen molar-refractivity contribution in [3.8, 4) is 0 Å². The lowest BCUT2D eigenvalue weighted by Gasteiger charge is -2.33. The van der Waals surface area contributed by atoms with E-state index >= 15 is 0 Å². The molecule has 0 aromatic heterocycles. The minimum Gasteiger partial charge on any atom is -0.481 e. The first-order chi connectivity index (χ1) is 7.93. The SMILES string of the molecule is CCN(CC)S(=O)(=O)N1CCC(C(=O)O)CC1. The molecule has 0 amide bonds. The Morgan fingerprint density at radius 3 is 2.12 bits per heavy atom. The highest BCUT2D eigenvalue weighted by Gasteiger charge is 2.33. The third-order valence-corrected chi connectivity index (χ3v) is 5.35. The molecule has 1 heterocycles. The zero-order chi connectivity index (χ0) is 13.1. The van der Waals surface area contributed by atoms with Crippen molar-refractivity contribution >= 4 is 16.2 Å². The van der Waals surface area contributed by atoms with E-state index in [0.29, 0.717) is 39.0 Å². The van der Waals surface area contributed by atoms with Crippen molar-refractivity contribution < 1.29 is 18.3 Å². The van der Waals surface area contributed by atoms with E-state index in [4.69, 9.17) is 5.11 Å². The summed E-state index contributed by atoms with van der Waals surface area (Å²) in [6.45, 7) is 5.08. The minimum absolute atomic E-state index is 0.301. The Balaban J connectivity index is 2.67. The highest BCUT2D eigenvalue weighted by atomic mass is 32.2. The fourth-order valence-electron chi connectivity index (χ4n) is 2.05. The summed E-state index contributed by atoms with van der Waals surface area (Å²) in [6, 6.07) is 0. The van der Waals surface area contributed by atoms with Crippen LogP contribution in [0.15, 0.2) is 0 Å². The summed E-state index contributed by atoms with van der Waals surface area (Å²) in [5, 5.41) is 8.85. The van der Waals surface area contributed by atoms with Gasteiger partial charge in [0, 0.05) is 26.2 Å². The second kappa shape index (κ2) is 5.79. The van der Waals surface area contributed by atoms with Gasteiger partial charge in [-0.1, -0.05) is 13.8 Å². The molecule has 7 heteroatoms. The van der Waals surface area contributed by atoms with Gasteiger partial charge in [-0.15, -0.1) is 0 Å². The Morgan fingerprint density at radius 1 is 1.29 bits per heavy atom. The smallest absolute Gasteiger partial charge is 0.306 e. The molecule has 0 aliphatic carbocycles. The van der Waals surface area contributed by atoms with Crippen molar-refractivity contribution in [1.29, 1.82) is 0 Å². The first-order valence-corrected chi connectivity index (χ1v) is 7.31. The van der Waals surface area contributed by atoms with Crippen LogP contribution < -0.4 is 0 Å². The molecule has 0 spiro atoms. The van der Waals surface area contributed by atoms with Crippen molar-refractivity contribution in [3.05, 3.63) is 0 Å². The number of piperidine rings is 1. The molecule has 1 aliphatic rings. The van der Waals surface area contributed by atoms with Crippen LogP contribution in [0, 0.1) is 5.92 Å². The van der Waals surface area contributed by atoms with Crippen molar-refractivity contribution in [2.45, 2.75) is 26.7 Å². The Labute approximate surface area is 102 Å². The van der Waals surface area contributed by atoms with Gasteiger partial charge < -0.3 is 5.11 Å². The molecule has 1 fully saturated rings. The summed E-state index contributed by atoms with van der Waals surface area (Å²) < 4.78 is 27.0. The van der Waals surface area contributed by atoms with Crippen molar-refractivity contribution in [2.24, 2.45) is 5.92 Å². The summed E-state index contributed by atoms with van der Waals surface area (Å²) in [7, 11) is -3.40. The van der Waals surface area contributed by atoms with Crippen molar-refractivity contribution in [1.82, 2.24) is 8.61 Å². The first kappa shape index (κ1) is 14.4. The van der Waals surface area contributed by atoms with Gasteiger partial charge in [0.05, 0.1) is 5.92 Å². The number of aliphatic carboxylic acids is 1. The standard InChI is InChI=1S/C10H20N2O4S/c1-3-11(4-2)17(15,16)12-7-5-9(6-8-12)10(13)14/h9H,3-8H2,1-2H3,(H,13,14). The molecule has 1 rings (SSSR count). The first-order valence-electron chi connectivity index (χ1n) is 5.91. The average molecular weight is 264 g/mol. The van der Waals surface area contributed by atoms with E-state index in [1.165, 1.54) is 8.61 Å². The lowest BCUT2D eigenvalue weighted by Crippen LogP contribution is -2.47. The molecule has 0 atom stereocenters. The summed E-state index contributed by atoms with van der Waals surface area (Å²) in [4.78, 5) is 10.8. The number of hydrogen-bond acceptors (Lipinski definition) is 3. The van der Waals surface area contributed by atoms with Crippen LogP contribution in [0.25, 0.3) is 0 Å². The molecular weight excluding hydrogens is 244 g/mol. The number of carbonyl (C=O) groups is 1. The lowest BCUT2D eigenvalue weighted by molar-refractivity contribution is -0.142. The molecule has 100 valence electrons.